The maximum Gasteiger partial charge on any atom is 0.0555 e. The summed E-state index contributed by atoms with van der Waals surface area (Å²) in [4.78, 5) is 0. The number of hydrogen-bond acceptors (Lipinski definition) is 3. The SMILES string of the molecule is C=CSCCNCCO. The molecule has 0 aromatic rings. The number of aliphatic hydroxyl groups excluding tert-OH is 1. The van der Waals surface area contributed by atoms with Gasteiger partial charge in [-0.25, -0.2) is 0 Å². The first-order valence-corrected chi connectivity index (χ1v) is 4.00. The van der Waals surface area contributed by atoms with Crippen LogP contribution in [0.5, 0.6) is 0 Å². The molecule has 0 saturated carbocycles. The van der Waals surface area contributed by atoms with Crippen LogP contribution >= 0.6 is 11.8 Å². The van der Waals surface area contributed by atoms with Crippen molar-refractivity contribution in [1.82, 2.24) is 5.32 Å². The second-order valence-electron chi connectivity index (χ2n) is 1.51. The zero-order valence-corrected chi connectivity index (χ0v) is 6.28. The molecule has 0 aromatic carbocycles. The van der Waals surface area contributed by atoms with Crippen molar-refractivity contribution in [3.63, 3.8) is 0 Å². The first-order valence-electron chi connectivity index (χ1n) is 2.96. The quantitative estimate of drug-likeness (QED) is 0.535. The Bertz CT molecular complexity index is 68.1. The van der Waals surface area contributed by atoms with E-state index in [1.807, 2.05) is 5.41 Å². The molecule has 0 saturated heterocycles. The number of thioether (sulfide) groups is 1. The minimum absolute atomic E-state index is 0.221. The van der Waals surface area contributed by atoms with Crippen LogP contribution < -0.4 is 5.32 Å². The van der Waals surface area contributed by atoms with Gasteiger partial charge in [-0.3, -0.25) is 0 Å². The Kier molecular flexibility index (Phi) is 8.02. The summed E-state index contributed by atoms with van der Waals surface area (Å²) >= 11 is 1.68. The molecule has 0 atom stereocenters. The highest BCUT2D eigenvalue weighted by molar-refractivity contribution is 8.02. The first-order chi connectivity index (χ1) is 4.41. The number of nitrogens with one attached hydrogen (secondary N) is 1. The lowest BCUT2D eigenvalue weighted by Gasteiger charge is -1.98. The predicted octanol–water partition coefficient (Wildman–Crippen LogP) is 0.445. The number of hydrogen-bond donors (Lipinski definition) is 2. The fourth-order valence-corrected chi connectivity index (χ4v) is 0.847. The first kappa shape index (κ1) is 9.01. The molecule has 0 bridgehead atoms. The molecule has 3 heteroatoms. The van der Waals surface area contributed by atoms with Crippen LogP contribution in [0.25, 0.3) is 0 Å². The van der Waals surface area contributed by atoms with Crippen molar-refractivity contribution < 1.29 is 5.11 Å². The van der Waals surface area contributed by atoms with Crippen LogP contribution in [0.3, 0.4) is 0 Å². The van der Waals surface area contributed by atoms with E-state index in [4.69, 9.17) is 5.11 Å². The molecule has 0 aliphatic carbocycles. The van der Waals surface area contributed by atoms with E-state index in [9.17, 15) is 0 Å². The van der Waals surface area contributed by atoms with Gasteiger partial charge < -0.3 is 10.4 Å². The van der Waals surface area contributed by atoms with E-state index < -0.39 is 0 Å². The van der Waals surface area contributed by atoms with E-state index in [0.717, 1.165) is 12.3 Å². The second-order valence-corrected chi connectivity index (χ2v) is 2.59. The van der Waals surface area contributed by atoms with Crippen molar-refractivity contribution in [3.05, 3.63) is 12.0 Å². The summed E-state index contributed by atoms with van der Waals surface area (Å²) in [6, 6.07) is 0. The fourth-order valence-electron chi connectivity index (χ4n) is 0.418. The Labute approximate surface area is 60.3 Å². The summed E-state index contributed by atoms with van der Waals surface area (Å²) in [5.41, 5.74) is 0. The van der Waals surface area contributed by atoms with Crippen LogP contribution in [0.4, 0.5) is 0 Å². The summed E-state index contributed by atoms with van der Waals surface area (Å²) < 4.78 is 0. The highest BCUT2D eigenvalue weighted by Gasteiger charge is 1.82. The maximum absolute atomic E-state index is 8.33. The van der Waals surface area contributed by atoms with E-state index in [2.05, 4.69) is 11.9 Å². The molecule has 0 aromatic heterocycles. The minimum atomic E-state index is 0.221. The molecule has 0 radical (unpaired) electrons. The topological polar surface area (TPSA) is 32.3 Å². The third-order valence-corrected chi connectivity index (χ3v) is 1.48. The van der Waals surface area contributed by atoms with Gasteiger partial charge in [0.05, 0.1) is 6.61 Å². The summed E-state index contributed by atoms with van der Waals surface area (Å²) in [6.07, 6.45) is 0. The van der Waals surface area contributed by atoms with Crippen molar-refractivity contribution in [1.29, 1.82) is 0 Å². The largest absolute Gasteiger partial charge is 0.395 e. The van der Waals surface area contributed by atoms with Crippen LogP contribution in [-0.2, 0) is 0 Å². The molecule has 0 spiro atoms. The Morgan fingerprint density at radius 3 is 2.89 bits per heavy atom. The van der Waals surface area contributed by atoms with Crippen molar-refractivity contribution >= 4 is 11.8 Å². The van der Waals surface area contributed by atoms with Crippen molar-refractivity contribution in [2.24, 2.45) is 0 Å². The Hall–Kier alpha value is 0.01000. The molecule has 0 unspecified atom stereocenters. The molecule has 0 amide bonds. The highest BCUT2D eigenvalue weighted by Crippen LogP contribution is 1.95. The van der Waals surface area contributed by atoms with Gasteiger partial charge in [-0.15, -0.1) is 11.8 Å². The van der Waals surface area contributed by atoms with Gasteiger partial charge in [0.1, 0.15) is 0 Å². The molecule has 0 fully saturated rings. The molecule has 9 heavy (non-hydrogen) atoms. The zero-order chi connectivity index (χ0) is 6.95. The summed E-state index contributed by atoms with van der Waals surface area (Å²) in [5, 5.41) is 13.2. The van der Waals surface area contributed by atoms with E-state index in [0.29, 0.717) is 6.54 Å². The lowest BCUT2D eigenvalue weighted by atomic mass is 10.6. The molecule has 2 N–H and O–H groups in total. The van der Waals surface area contributed by atoms with Crippen molar-refractivity contribution in [3.8, 4) is 0 Å². The average Bonchev–Trinajstić information content (AvgIpc) is 1.89. The van der Waals surface area contributed by atoms with E-state index in [-0.39, 0.29) is 6.61 Å². The van der Waals surface area contributed by atoms with Crippen LogP contribution in [-0.4, -0.2) is 30.6 Å². The molecule has 0 aliphatic heterocycles. The highest BCUT2D eigenvalue weighted by atomic mass is 32.2. The zero-order valence-electron chi connectivity index (χ0n) is 5.47. The Morgan fingerprint density at radius 2 is 2.33 bits per heavy atom. The molecule has 54 valence electrons. The third kappa shape index (κ3) is 8.01. The molecule has 0 aliphatic rings. The van der Waals surface area contributed by atoms with Gasteiger partial charge in [-0.1, -0.05) is 6.58 Å². The molecular formula is C6H13NOS. The van der Waals surface area contributed by atoms with E-state index >= 15 is 0 Å². The van der Waals surface area contributed by atoms with Gasteiger partial charge in [0, 0.05) is 18.8 Å². The lowest BCUT2D eigenvalue weighted by Crippen LogP contribution is -2.20. The van der Waals surface area contributed by atoms with Gasteiger partial charge >= 0.3 is 0 Å². The standard InChI is InChI=1S/C6H13NOS/c1-2-9-6-4-7-3-5-8/h2,7-8H,1,3-6H2. The van der Waals surface area contributed by atoms with Crippen LogP contribution in [0.15, 0.2) is 12.0 Å². The maximum atomic E-state index is 8.33. The van der Waals surface area contributed by atoms with Crippen molar-refractivity contribution in [2.75, 3.05) is 25.4 Å². The van der Waals surface area contributed by atoms with Gasteiger partial charge in [-0.05, 0) is 5.41 Å². The van der Waals surface area contributed by atoms with Crippen LogP contribution in [0, 0.1) is 0 Å². The fraction of sp³-hybridized carbons (Fsp3) is 0.667. The molecule has 2 nitrogen and oxygen atoms in total. The average molecular weight is 147 g/mol. The second kappa shape index (κ2) is 8.01. The summed E-state index contributed by atoms with van der Waals surface area (Å²) in [7, 11) is 0. The smallest absolute Gasteiger partial charge is 0.0555 e. The van der Waals surface area contributed by atoms with Crippen LogP contribution in [0.2, 0.25) is 0 Å². The lowest BCUT2D eigenvalue weighted by molar-refractivity contribution is 0.294. The van der Waals surface area contributed by atoms with Crippen LogP contribution in [0.1, 0.15) is 0 Å². The van der Waals surface area contributed by atoms with Gasteiger partial charge in [0.15, 0.2) is 0 Å². The molecular weight excluding hydrogens is 134 g/mol. The van der Waals surface area contributed by atoms with Crippen molar-refractivity contribution in [2.45, 2.75) is 0 Å². The minimum Gasteiger partial charge on any atom is -0.395 e. The third-order valence-electron chi connectivity index (χ3n) is 0.803. The van der Waals surface area contributed by atoms with E-state index in [1.54, 1.807) is 11.8 Å². The number of aliphatic hydroxyl groups is 1. The predicted molar refractivity (Wildman–Crippen MR) is 42.6 cm³/mol. The Morgan fingerprint density at radius 1 is 1.56 bits per heavy atom. The monoisotopic (exact) mass is 147 g/mol. The van der Waals surface area contributed by atoms with Gasteiger partial charge in [0.25, 0.3) is 0 Å². The normalized spacial score (nSPS) is 9.44. The van der Waals surface area contributed by atoms with Gasteiger partial charge in [-0.2, -0.15) is 0 Å². The summed E-state index contributed by atoms with van der Waals surface area (Å²) in [5.74, 6) is 1.03. The molecule has 0 heterocycles. The van der Waals surface area contributed by atoms with E-state index in [1.165, 1.54) is 0 Å². The molecule has 0 rings (SSSR count). The Balaban J connectivity index is 2.66. The summed E-state index contributed by atoms with van der Waals surface area (Å²) in [6.45, 7) is 5.42. The van der Waals surface area contributed by atoms with Gasteiger partial charge in [0.2, 0.25) is 0 Å². The number of rotatable bonds is 6.